The molecule has 17 heavy (non-hydrogen) atoms. The Kier molecular flexibility index (Phi) is 3.46. The number of para-hydroxylation sites is 1. The van der Waals surface area contributed by atoms with Crippen molar-refractivity contribution in [3.05, 3.63) is 51.6 Å². The molecule has 0 heterocycles. The van der Waals surface area contributed by atoms with Crippen LogP contribution in [-0.2, 0) is 0 Å². The van der Waals surface area contributed by atoms with E-state index in [0.717, 1.165) is 6.07 Å². The van der Waals surface area contributed by atoms with Gasteiger partial charge in [0, 0.05) is 6.07 Å². The summed E-state index contributed by atoms with van der Waals surface area (Å²) in [5.74, 6) is -0.857. The average Bonchev–Trinajstić information content (AvgIpc) is 2.29. The summed E-state index contributed by atoms with van der Waals surface area (Å²) in [5.41, 5.74) is 5.93. The molecule has 0 radical (unpaired) electrons. The number of nitrogen functional groups attached to an aromatic ring is 1. The number of hydrogen-bond donors (Lipinski definition) is 1. The van der Waals surface area contributed by atoms with Crippen molar-refractivity contribution in [1.29, 1.82) is 0 Å². The van der Waals surface area contributed by atoms with Gasteiger partial charge >= 0.3 is 0 Å². The summed E-state index contributed by atoms with van der Waals surface area (Å²) in [5, 5.41) is 0. The Morgan fingerprint density at radius 3 is 2.41 bits per heavy atom. The van der Waals surface area contributed by atoms with Crippen LogP contribution < -0.4 is 10.5 Å². The van der Waals surface area contributed by atoms with Crippen molar-refractivity contribution in [2.45, 2.75) is 0 Å². The van der Waals surface area contributed by atoms with Gasteiger partial charge in [-0.05, 0) is 40.8 Å². The van der Waals surface area contributed by atoms with Crippen LogP contribution in [0.2, 0.25) is 0 Å². The van der Waals surface area contributed by atoms with Crippen LogP contribution in [0.3, 0.4) is 0 Å². The highest BCUT2D eigenvalue weighted by atomic mass is 127. The predicted molar refractivity (Wildman–Crippen MR) is 70.0 cm³/mol. The zero-order valence-corrected chi connectivity index (χ0v) is 10.7. The summed E-state index contributed by atoms with van der Waals surface area (Å²) < 4.78 is 32.3. The van der Waals surface area contributed by atoms with Crippen LogP contribution in [0.5, 0.6) is 11.5 Å². The van der Waals surface area contributed by atoms with Crippen molar-refractivity contribution < 1.29 is 13.5 Å². The third-order valence-electron chi connectivity index (χ3n) is 2.11. The molecule has 0 saturated carbocycles. The first-order valence-electron chi connectivity index (χ1n) is 4.75. The van der Waals surface area contributed by atoms with Crippen LogP contribution in [0.1, 0.15) is 0 Å². The van der Waals surface area contributed by atoms with Crippen molar-refractivity contribution in [3.8, 4) is 11.5 Å². The molecule has 0 spiro atoms. The molecular formula is C12H8F2INO. The summed E-state index contributed by atoms with van der Waals surface area (Å²) in [4.78, 5) is 0. The Bertz CT molecular complexity index is 560. The van der Waals surface area contributed by atoms with Crippen molar-refractivity contribution in [3.63, 3.8) is 0 Å². The lowest BCUT2D eigenvalue weighted by molar-refractivity contribution is 0.440. The molecule has 0 unspecified atom stereocenters. The highest BCUT2D eigenvalue weighted by Crippen LogP contribution is 2.31. The van der Waals surface area contributed by atoms with E-state index in [0.29, 0.717) is 3.57 Å². The number of benzene rings is 2. The summed E-state index contributed by atoms with van der Waals surface area (Å²) in [6, 6.07) is 8.45. The first-order chi connectivity index (χ1) is 8.08. The number of hydrogen-bond acceptors (Lipinski definition) is 2. The highest BCUT2D eigenvalue weighted by Gasteiger charge is 2.10. The van der Waals surface area contributed by atoms with Gasteiger partial charge in [0.25, 0.3) is 0 Å². The first-order valence-corrected chi connectivity index (χ1v) is 5.82. The lowest BCUT2D eigenvalue weighted by atomic mass is 10.3. The van der Waals surface area contributed by atoms with Crippen LogP contribution in [0.4, 0.5) is 14.5 Å². The second kappa shape index (κ2) is 4.87. The molecular weight excluding hydrogens is 339 g/mol. The smallest absolute Gasteiger partial charge is 0.165 e. The minimum Gasteiger partial charge on any atom is -0.452 e. The van der Waals surface area contributed by atoms with Gasteiger partial charge in [0.2, 0.25) is 0 Å². The molecule has 0 aromatic heterocycles. The zero-order valence-electron chi connectivity index (χ0n) is 8.58. The Morgan fingerprint density at radius 2 is 1.71 bits per heavy atom. The quantitative estimate of drug-likeness (QED) is 0.660. The van der Waals surface area contributed by atoms with Gasteiger partial charge in [-0.25, -0.2) is 8.78 Å². The predicted octanol–water partition coefficient (Wildman–Crippen LogP) is 3.94. The van der Waals surface area contributed by atoms with E-state index in [4.69, 9.17) is 10.5 Å². The molecule has 0 amide bonds. The Morgan fingerprint density at radius 1 is 1.00 bits per heavy atom. The fourth-order valence-corrected chi connectivity index (χ4v) is 1.77. The van der Waals surface area contributed by atoms with Gasteiger partial charge in [0.15, 0.2) is 17.3 Å². The monoisotopic (exact) mass is 347 g/mol. The van der Waals surface area contributed by atoms with E-state index < -0.39 is 11.6 Å². The van der Waals surface area contributed by atoms with E-state index in [-0.39, 0.29) is 17.2 Å². The fraction of sp³-hybridized carbons (Fsp3) is 0. The van der Waals surface area contributed by atoms with Crippen LogP contribution >= 0.6 is 22.6 Å². The first kappa shape index (κ1) is 12.1. The third kappa shape index (κ3) is 2.66. The molecule has 0 aliphatic heterocycles. The maximum absolute atomic E-state index is 13.3. The summed E-state index contributed by atoms with van der Waals surface area (Å²) in [7, 11) is 0. The molecule has 0 atom stereocenters. The largest absolute Gasteiger partial charge is 0.452 e. The molecule has 2 aromatic rings. The van der Waals surface area contributed by atoms with Crippen LogP contribution in [-0.4, -0.2) is 0 Å². The molecule has 0 fully saturated rings. The minimum absolute atomic E-state index is 0.0137. The summed E-state index contributed by atoms with van der Waals surface area (Å²) >= 11 is 1.82. The van der Waals surface area contributed by atoms with Gasteiger partial charge in [-0.1, -0.05) is 12.1 Å². The van der Waals surface area contributed by atoms with E-state index in [1.165, 1.54) is 18.2 Å². The SMILES string of the molecule is Nc1cc(I)c(F)cc1Oc1ccccc1F. The number of ether oxygens (including phenoxy) is 1. The van der Waals surface area contributed by atoms with E-state index in [2.05, 4.69) is 0 Å². The molecule has 88 valence electrons. The number of anilines is 1. The molecule has 2 N–H and O–H groups in total. The maximum Gasteiger partial charge on any atom is 0.165 e. The topological polar surface area (TPSA) is 35.2 Å². The summed E-state index contributed by atoms with van der Waals surface area (Å²) in [6.07, 6.45) is 0. The summed E-state index contributed by atoms with van der Waals surface area (Å²) in [6.45, 7) is 0. The standard InChI is InChI=1S/C12H8F2INO/c13-7-3-1-2-4-11(7)17-12-5-8(14)9(15)6-10(12)16/h1-6H,16H2. The number of halogens is 3. The second-order valence-corrected chi connectivity index (χ2v) is 4.50. The lowest BCUT2D eigenvalue weighted by Crippen LogP contribution is -1.96. The van der Waals surface area contributed by atoms with Crippen LogP contribution in [0.25, 0.3) is 0 Å². The molecule has 0 bridgehead atoms. The Balaban J connectivity index is 2.37. The van der Waals surface area contributed by atoms with Crippen molar-refractivity contribution >= 4 is 28.3 Å². The molecule has 2 aromatic carbocycles. The molecule has 2 rings (SSSR count). The van der Waals surface area contributed by atoms with Crippen molar-refractivity contribution in [1.82, 2.24) is 0 Å². The minimum atomic E-state index is -0.522. The molecule has 0 saturated heterocycles. The molecule has 0 aliphatic carbocycles. The van der Waals surface area contributed by atoms with Gasteiger partial charge in [-0.3, -0.25) is 0 Å². The molecule has 0 aliphatic rings. The normalized spacial score (nSPS) is 10.3. The fourth-order valence-electron chi connectivity index (χ4n) is 1.28. The zero-order chi connectivity index (χ0) is 12.4. The maximum atomic E-state index is 13.3. The van der Waals surface area contributed by atoms with Gasteiger partial charge in [-0.15, -0.1) is 0 Å². The van der Waals surface area contributed by atoms with Crippen LogP contribution in [0, 0.1) is 15.2 Å². The van der Waals surface area contributed by atoms with Gasteiger partial charge in [-0.2, -0.15) is 0 Å². The lowest BCUT2D eigenvalue weighted by Gasteiger charge is -2.09. The van der Waals surface area contributed by atoms with E-state index in [1.54, 1.807) is 12.1 Å². The van der Waals surface area contributed by atoms with Crippen molar-refractivity contribution in [2.75, 3.05) is 5.73 Å². The third-order valence-corrected chi connectivity index (χ3v) is 2.94. The molecule has 2 nitrogen and oxygen atoms in total. The Hall–Kier alpha value is -1.37. The van der Waals surface area contributed by atoms with Gasteiger partial charge in [0.1, 0.15) is 5.82 Å². The van der Waals surface area contributed by atoms with Crippen molar-refractivity contribution in [2.24, 2.45) is 0 Å². The van der Waals surface area contributed by atoms with E-state index in [1.807, 2.05) is 22.6 Å². The number of nitrogens with two attached hydrogens (primary N) is 1. The van der Waals surface area contributed by atoms with Gasteiger partial charge in [0.05, 0.1) is 9.26 Å². The molecule has 5 heteroatoms. The van der Waals surface area contributed by atoms with E-state index in [9.17, 15) is 8.78 Å². The highest BCUT2D eigenvalue weighted by molar-refractivity contribution is 14.1. The second-order valence-electron chi connectivity index (χ2n) is 3.34. The average molecular weight is 347 g/mol. The Labute approximate surface area is 111 Å². The number of rotatable bonds is 2. The van der Waals surface area contributed by atoms with E-state index >= 15 is 0 Å². The van der Waals surface area contributed by atoms with Crippen LogP contribution in [0.15, 0.2) is 36.4 Å². The van der Waals surface area contributed by atoms with Gasteiger partial charge < -0.3 is 10.5 Å².